The first-order valence-electron chi connectivity index (χ1n) is 13.6. The monoisotopic (exact) mass is 530 g/mol. The molecule has 0 aliphatic carbocycles. The average Bonchev–Trinajstić information content (AvgIpc) is 3.58. The lowest BCUT2D eigenvalue weighted by Gasteiger charge is -2.43. The molecule has 0 radical (unpaired) electrons. The summed E-state index contributed by atoms with van der Waals surface area (Å²) in [6, 6.07) is 8.73. The highest BCUT2D eigenvalue weighted by Crippen LogP contribution is 2.31. The number of aryl methyl sites for hydroxylation is 3. The summed E-state index contributed by atoms with van der Waals surface area (Å²) in [4.78, 5) is 26.5. The molecule has 0 spiro atoms. The first-order chi connectivity index (χ1) is 17.8. The molecule has 37 heavy (non-hydrogen) atoms. The SMILES string of the molecule is C1CCOC1.CC.CCC(c1ccc(Cl)cc1)N1CCN(c2nc(=O)n(C)c3c2nc(C)n3C)C(C)C1. The minimum Gasteiger partial charge on any atom is -0.381 e. The van der Waals surface area contributed by atoms with E-state index in [9.17, 15) is 4.79 Å². The van der Waals surface area contributed by atoms with Crippen LogP contribution in [-0.4, -0.2) is 62.9 Å². The largest absolute Gasteiger partial charge is 0.381 e. The highest BCUT2D eigenvalue weighted by Gasteiger charge is 2.31. The van der Waals surface area contributed by atoms with E-state index in [1.807, 2.05) is 44.5 Å². The number of hydrogen-bond donors (Lipinski definition) is 0. The fourth-order valence-corrected chi connectivity index (χ4v) is 5.25. The van der Waals surface area contributed by atoms with E-state index in [0.717, 1.165) is 61.3 Å². The van der Waals surface area contributed by atoms with Gasteiger partial charge in [0, 0.05) is 64.0 Å². The lowest BCUT2D eigenvalue weighted by molar-refractivity contribution is 0.160. The van der Waals surface area contributed by atoms with Crippen molar-refractivity contribution >= 4 is 28.6 Å². The fourth-order valence-electron chi connectivity index (χ4n) is 5.13. The van der Waals surface area contributed by atoms with E-state index in [1.54, 1.807) is 11.6 Å². The molecule has 2 atom stereocenters. The van der Waals surface area contributed by atoms with E-state index >= 15 is 0 Å². The third kappa shape index (κ3) is 6.54. The summed E-state index contributed by atoms with van der Waals surface area (Å²) in [5.74, 6) is 1.57. The number of rotatable bonds is 4. The van der Waals surface area contributed by atoms with Crippen molar-refractivity contribution in [1.82, 2.24) is 24.0 Å². The molecule has 1 aromatic carbocycles. The van der Waals surface area contributed by atoms with Gasteiger partial charge in [0.1, 0.15) is 17.0 Å². The van der Waals surface area contributed by atoms with Gasteiger partial charge in [-0.15, -0.1) is 0 Å². The predicted molar refractivity (Wildman–Crippen MR) is 153 cm³/mol. The van der Waals surface area contributed by atoms with Crippen molar-refractivity contribution in [2.75, 3.05) is 37.7 Å². The van der Waals surface area contributed by atoms with Crippen molar-refractivity contribution in [2.45, 2.75) is 66.0 Å². The molecular weight excluding hydrogens is 488 g/mol. The van der Waals surface area contributed by atoms with Crippen LogP contribution >= 0.6 is 11.6 Å². The molecule has 0 bridgehead atoms. The van der Waals surface area contributed by atoms with Crippen molar-refractivity contribution in [3.05, 3.63) is 51.2 Å². The molecule has 0 N–H and O–H groups in total. The van der Waals surface area contributed by atoms with Crippen LogP contribution in [0.3, 0.4) is 0 Å². The van der Waals surface area contributed by atoms with Gasteiger partial charge >= 0.3 is 5.69 Å². The van der Waals surface area contributed by atoms with Crippen LogP contribution in [0, 0.1) is 6.92 Å². The van der Waals surface area contributed by atoms with E-state index in [2.05, 4.69) is 40.8 Å². The highest BCUT2D eigenvalue weighted by atomic mass is 35.5. The van der Waals surface area contributed by atoms with Gasteiger partial charge in [0.15, 0.2) is 5.82 Å². The Labute approximate surface area is 226 Å². The fraction of sp³-hybridized carbons (Fsp3) is 0.607. The summed E-state index contributed by atoms with van der Waals surface area (Å²) in [6.45, 7) is 15.0. The van der Waals surface area contributed by atoms with Crippen LogP contribution < -0.4 is 10.6 Å². The Hall–Kier alpha value is -2.42. The summed E-state index contributed by atoms with van der Waals surface area (Å²) in [5.41, 5.74) is 2.64. The Kier molecular flexibility index (Phi) is 10.6. The number of fused-ring (bicyclic) bond motifs is 1. The van der Waals surface area contributed by atoms with Crippen molar-refractivity contribution < 1.29 is 4.74 Å². The van der Waals surface area contributed by atoms with Crippen molar-refractivity contribution in [1.29, 1.82) is 0 Å². The van der Waals surface area contributed by atoms with E-state index in [-0.39, 0.29) is 11.7 Å². The Bertz CT molecular complexity index is 1190. The zero-order chi connectivity index (χ0) is 27.1. The second-order valence-electron chi connectivity index (χ2n) is 9.50. The molecule has 8 nitrogen and oxygen atoms in total. The van der Waals surface area contributed by atoms with Crippen molar-refractivity contribution in [3.8, 4) is 0 Å². The van der Waals surface area contributed by atoms with Crippen LogP contribution in [0.25, 0.3) is 11.2 Å². The zero-order valence-corrected chi connectivity index (χ0v) is 24.3. The summed E-state index contributed by atoms with van der Waals surface area (Å²) in [6.07, 6.45) is 3.59. The van der Waals surface area contributed by atoms with Crippen LogP contribution in [0.5, 0.6) is 0 Å². The van der Waals surface area contributed by atoms with Crippen LogP contribution in [0.15, 0.2) is 29.1 Å². The van der Waals surface area contributed by atoms with Gasteiger partial charge in [0.05, 0.1) is 0 Å². The molecule has 204 valence electrons. The quantitative estimate of drug-likeness (QED) is 0.466. The molecule has 9 heteroatoms. The third-order valence-corrected chi connectivity index (χ3v) is 7.40. The Morgan fingerprint density at radius 2 is 1.70 bits per heavy atom. The average molecular weight is 531 g/mol. The zero-order valence-electron chi connectivity index (χ0n) is 23.5. The Morgan fingerprint density at radius 3 is 2.24 bits per heavy atom. The van der Waals surface area contributed by atoms with Gasteiger partial charge in [-0.25, -0.2) is 9.78 Å². The number of imidazole rings is 1. The Balaban J connectivity index is 0.000000478. The minimum atomic E-state index is -0.247. The first-order valence-corrected chi connectivity index (χ1v) is 13.9. The highest BCUT2D eigenvalue weighted by molar-refractivity contribution is 6.30. The molecule has 4 heterocycles. The minimum absolute atomic E-state index is 0.213. The number of anilines is 1. The van der Waals surface area contributed by atoms with Gasteiger partial charge < -0.3 is 14.2 Å². The number of aromatic nitrogens is 4. The number of benzene rings is 1. The number of hydrogen-bond acceptors (Lipinski definition) is 6. The number of ether oxygens (including phenoxy) is 1. The van der Waals surface area contributed by atoms with Gasteiger partial charge in [-0.2, -0.15) is 4.98 Å². The summed E-state index contributed by atoms with van der Waals surface area (Å²) in [5, 5.41) is 0.762. The molecule has 2 aliphatic rings. The molecule has 2 saturated heterocycles. The molecular formula is C28H43ClN6O2. The standard InChI is InChI=1S/C22H29ClN6O.C4H8O.C2H6/c1-6-18(16-7-9-17(23)10-8-16)28-11-12-29(14(2)13-28)20-19-21(26(4)15(3)24-19)27(5)22(30)25-20;1-2-4-5-3-1;1-2/h7-10,14,18H,6,11-13H2,1-5H3;1-4H2;1-2H3. The summed E-state index contributed by atoms with van der Waals surface area (Å²) < 4.78 is 8.48. The maximum absolute atomic E-state index is 12.6. The van der Waals surface area contributed by atoms with E-state index in [0.29, 0.717) is 11.9 Å². The van der Waals surface area contributed by atoms with Crippen LogP contribution in [0.2, 0.25) is 5.02 Å². The van der Waals surface area contributed by atoms with Gasteiger partial charge in [-0.3, -0.25) is 9.47 Å². The van der Waals surface area contributed by atoms with Gasteiger partial charge in [0.2, 0.25) is 0 Å². The lowest BCUT2D eigenvalue weighted by Crippen LogP contribution is -2.53. The first kappa shape index (κ1) is 29.1. The lowest BCUT2D eigenvalue weighted by atomic mass is 10.0. The van der Waals surface area contributed by atoms with Gasteiger partial charge in [-0.05, 0) is 50.8 Å². The van der Waals surface area contributed by atoms with E-state index < -0.39 is 0 Å². The topological polar surface area (TPSA) is 68.4 Å². The molecule has 2 unspecified atom stereocenters. The maximum Gasteiger partial charge on any atom is 0.350 e. The molecule has 0 saturated carbocycles. The predicted octanol–water partition coefficient (Wildman–Crippen LogP) is 5.11. The second-order valence-corrected chi connectivity index (χ2v) is 9.94. The van der Waals surface area contributed by atoms with Gasteiger partial charge in [0.25, 0.3) is 0 Å². The molecule has 3 aromatic rings. The number of piperazine rings is 1. The normalized spacial score (nSPS) is 18.7. The number of nitrogens with zero attached hydrogens (tertiary/aromatic N) is 6. The Morgan fingerprint density at radius 1 is 1.05 bits per heavy atom. The second kappa shape index (κ2) is 13.4. The van der Waals surface area contributed by atoms with Crippen LogP contribution in [0.4, 0.5) is 5.82 Å². The third-order valence-electron chi connectivity index (χ3n) is 7.15. The molecule has 2 aromatic heterocycles. The molecule has 5 rings (SSSR count). The maximum atomic E-state index is 12.6. The van der Waals surface area contributed by atoms with Crippen molar-refractivity contribution in [2.24, 2.45) is 14.1 Å². The summed E-state index contributed by atoms with van der Waals surface area (Å²) in [7, 11) is 3.69. The molecule has 2 aliphatic heterocycles. The van der Waals surface area contributed by atoms with Crippen LogP contribution in [-0.2, 0) is 18.8 Å². The van der Waals surface area contributed by atoms with Crippen LogP contribution in [0.1, 0.15) is 64.4 Å². The summed E-state index contributed by atoms with van der Waals surface area (Å²) >= 11 is 6.08. The van der Waals surface area contributed by atoms with E-state index in [4.69, 9.17) is 21.3 Å². The smallest absolute Gasteiger partial charge is 0.350 e. The molecule has 2 fully saturated rings. The molecule has 0 amide bonds. The van der Waals surface area contributed by atoms with Crippen molar-refractivity contribution in [3.63, 3.8) is 0 Å². The number of halogens is 1. The van der Waals surface area contributed by atoms with Gasteiger partial charge in [-0.1, -0.05) is 44.5 Å². The van der Waals surface area contributed by atoms with E-state index in [1.165, 1.54) is 18.4 Å².